The Balaban J connectivity index is 1.56. The molecule has 0 amide bonds. The Kier molecular flexibility index (Phi) is 7.64. The number of fused-ring (bicyclic) bond motifs is 2. The third-order valence-electron chi connectivity index (χ3n) is 7.61. The second-order valence-corrected chi connectivity index (χ2v) is 12.1. The molecule has 0 aliphatic carbocycles. The summed E-state index contributed by atoms with van der Waals surface area (Å²) in [5.41, 5.74) is 4.27. The topological polar surface area (TPSA) is 52.6 Å². The van der Waals surface area contributed by atoms with Crippen molar-refractivity contribution in [2.75, 3.05) is 14.2 Å². The van der Waals surface area contributed by atoms with Gasteiger partial charge in [-0.15, -0.1) is 0 Å². The quantitative estimate of drug-likeness (QED) is 0.152. The monoisotopic (exact) mass is 574 g/mol. The number of hydrogen-bond donors (Lipinski definition) is 0. The molecule has 2 unspecified atom stereocenters. The highest BCUT2D eigenvalue weighted by atomic mass is 31.1. The highest BCUT2D eigenvalue weighted by Crippen LogP contribution is 2.67. The van der Waals surface area contributed by atoms with Gasteiger partial charge in [0.2, 0.25) is 0 Å². The van der Waals surface area contributed by atoms with Crippen molar-refractivity contribution < 1.29 is 32.2 Å². The fourth-order valence-corrected chi connectivity index (χ4v) is 9.37. The molecule has 2 atom stereocenters. The number of methoxy groups -OCH3 is 2. The van der Waals surface area contributed by atoms with Crippen molar-refractivity contribution in [1.29, 1.82) is 0 Å². The summed E-state index contributed by atoms with van der Waals surface area (Å²) < 4.78 is 49.4. The molecule has 0 fully saturated rings. The van der Waals surface area contributed by atoms with Crippen molar-refractivity contribution in [1.82, 2.24) is 0 Å². The molecule has 5 rings (SSSR count). The number of benzene rings is 3. The van der Waals surface area contributed by atoms with Crippen LogP contribution in [0.1, 0.15) is 30.5 Å². The van der Waals surface area contributed by atoms with E-state index in [-0.39, 0.29) is 11.3 Å². The molecule has 2 bridgehead atoms. The fraction of sp³-hybridized carbons (Fsp3) is 0.212. The van der Waals surface area contributed by atoms with Gasteiger partial charge in [-0.3, -0.25) is 0 Å². The summed E-state index contributed by atoms with van der Waals surface area (Å²) in [6.07, 6.45) is -4.41. The zero-order chi connectivity index (χ0) is 29.5. The van der Waals surface area contributed by atoms with E-state index in [1.807, 2.05) is 62.4 Å². The van der Waals surface area contributed by atoms with E-state index in [2.05, 4.69) is 11.8 Å². The lowest BCUT2D eigenvalue weighted by atomic mass is 9.87. The van der Waals surface area contributed by atoms with Crippen LogP contribution in [-0.4, -0.2) is 37.5 Å². The third-order valence-corrected chi connectivity index (χ3v) is 11.0. The van der Waals surface area contributed by atoms with Crippen LogP contribution in [0.25, 0.3) is 11.1 Å². The molecule has 0 saturated heterocycles. The van der Waals surface area contributed by atoms with Crippen molar-refractivity contribution in [3.05, 3.63) is 112 Å². The van der Waals surface area contributed by atoms with Crippen LogP contribution >= 0.6 is 7.92 Å². The van der Waals surface area contributed by atoms with Crippen molar-refractivity contribution in [2.24, 2.45) is 0 Å². The first kappa shape index (κ1) is 28.4. The van der Waals surface area contributed by atoms with E-state index >= 15 is 0 Å². The maximum Gasteiger partial charge on any atom is 0.416 e. The van der Waals surface area contributed by atoms with Crippen LogP contribution in [0.5, 0.6) is 0 Å². The summed E-state index contributed by atoms with van der Waals surface area (Å²) in [4.78, 5) is 25.8. The van der Waals surface area contributed by atoms with E-state index < -0.39 is 31.6 Å². The van der Waals surface area contributed by atoms with Crippen LogP contribution in [0.3, 0.4) is 0 Å². The Morgan fingerprint density at radius 2 is 1.22 bits per heavy atom. The predicted octanol–water partition coefficient (Wildman–Crippen LogP) is 6.62. The summed E-state index contributed by atoms with van der Waals surface area (Å²) in [6, 6.07) is 20.0. The Hall–Kier alpha value is -4.14. The van der Waals surface area contributed by atoms with E-state index in [0.29, 0.717) is 27.8 Å². The minimum Gasteiger partial charge on any atom is -0.466 e. The summed E-state index contributed by atoms with van der Waals surface area (Å²) in [6.45, 7) is 3.97. The molecule has 41 heavy (non-hydrogen) atoms. The standard InChI is InChI=1S/C33H26F3O4P/c1-19-20(2)30-28(32(38)40-4)27(31(37)39-3)29(19)41(30)26-12-8-6-10-23(26)14-13-21-9-5-7-11-25(21)22-15-17-24(18-16-22)33(34,35)36/h5-12,15-18,29-30H,1-4H3. The maximum absolute atomic E-state index is 13.1. The Labute approximate surface area is 237 Å². The Morgan fingerprint density at radius 1 is 0.732 bits per heavy atom. The molecule has 2 heterocycles. The molecular weight excluding hydrogens is 548 g/mol. The number of allylic oxidation sites excluding steroid dienone is 2. The number of carbonyl (C=O) groups excluding carboxylic acids is 2. The molecular formula is C33H26F3O4P. The molecule has 2 aliphatic rings. The second kappa shape index (κ2) is 11.0. The second-order valence-electron chi connectivity index (χ2n) is 9.78. The zero-order valence-corrected chi connectivity index (χ0v) is 23.7. The van der Waals surface area contributed by atoms with Crippen LogP contribution in [0.4, 0.5) is 13.2 Å². The molecule has 0 N–H and O–H groups in total. The van der Waals surface area contributed by atoms with Crippen molar-refractivity contribution >= 4 is 25.2 Å². The van der Waals surface area contributed by atoms with Crippen LogP contribution in [0.15, 0.2) is 95.1 Å². The summed E-state index contributed by atoms with van der Waals surface area (Å²) in [5.74, 6) is 5.44. The lowest BCUT2D eigenvalue weighted by Crippen LogP contribution is -2.24. The normalized spacial score (nSPS) is 19.6. The van der Waals surface area contributed by atoms with E-state index in [4.69, 9.17) is 9.47 Å². The lowest BCUT2D eigenvalue weighted by Gasteiger charge is -2.22. The van der Waals surface area contributed by atoms with Crippen LogP contribution in [0.2, 0.25) is 0 Å². The summed E-state index contributed by atoms with van der Waals surface area (Å²) in [5, 5.41) is 0.952. The van der Waals surface area contributed by atoms with Crippen molar-refractivity contribution in [3.8, 4) is 23.0 Å². The van der Waals surface area contributed by atoms with Gasteiger partial charge in [0.05, 0.1) is 30.9 Å². The number of esters is 2. The van der Waals surface area contributed by atoms with E-state index in [0.717, 1.165) is 34.1 Å². The molecule has 4 nitrogen and oxygen atoms in total. The van der Waals surface area contributed by atoms with Gasteiger partial charge in [-0.05, 0) is 62.5 Å². The molecule has 2 aliphatic heterocycles. The smallest absolute Gasteiger partial charge is 0.416 e. The van der Waals surface area contributed by atoms with Gasteiger partial charge >= 0.3 is 18.1 Å². The first-order valence-electron chi connectivity index (χ1n) is 12.8. The molecule has 208 valence electrons. The first-order chi connectivity index (χ1) is 19.6. The molecule has 0 aromatic heterocycles. The predicted molar refractivity (Wildman–Crippen MR) is 153 cm³/mol. The number of rotatable bonds is 4. The number of ether oxygens (including phenoxy) is 2. The molecule has 0 radical (unpaired) electrons. The van der Waals surface area contributed by atoms with E-state index in [1.54, 1.807) is 0 Å². The SMILES string of the molecule is COC(=O)C1=C(C(=O)OC)C2C(C)=C(C)C1P2c1ccccc1C#Cc1ccccc1-c1ccc(C(F)(F)F)cc1. The number of halogens is 3. The van der Waals surface area contributed by atoms with Gasteiger partial charge in [0.15, 0.2) is 0 Å². The van der Waals surface area contributed by atoms with Gasteiger partial charge in [0, 0.05) is 22.4 Å². The average molecular weight is 575 g/mol. The average Bonchev–Trinajstić information content (AvgIpc) is 3.45. The van der Waals surface area contributed by atoms with Crippen LogP contribution < -0.4 is 5.30 Å². The fourth-order valence-electron chi connectivity index (χ4n) is 5.57. The van der Waals surface area contributed by atoms with Crippen molar-refractivity contribution in [3.63, 3.8) is 0 Å². The van der Waals surface area contributed by atoms with Gasteiger partial charge in [0.1, 0.15) is 0 Å². The number of carbonyl (C=O) groups is 2. The first-order valence-corrected chi connectivity index (χ1v) is 14.3. The minimum atomic E-state index is -4.41. The molecule has 3 aromatic carbocycles. The largest absolute Gasteiger partial charge is 0.466 e. The molecule has 0 spiro atoms. The van der Waals surface area contributed by atoms with Crippen LogP contribution in [-0.2, 0) is 25.2 Å². The summed E-state index contributed by atoms with van der Waals surface area (Å²) in [7, 11) is 1.50. The van der Waals surface area contributed by atoms with Gasteiger partial charge < -0.3 is 9.47 Å². The van der Waals surface area contributed by atoms with Gasteiger partial charge in [-0.25, -0.2) is 9.59 Å². The Bertz CT molecular complexity index is 1630. The zero-order valence-electron chi connectivity index (χ0n) is 22.8. The maximum atomic E-state index is 13.1. The van der Waals surface area contributed by atoms with Gasteiger partial charge in [-0.2, -0.15) is 13.2 Å². The van der Waals surface area contributed by atoms with Crippen LogP contribution in [0, 0.1) is 11.8 Å². The molecule has 3 aromatic rings. The van der Waals surface area contributed by atoms with E-state index in [1.165, 1.54) is 26.4 Å². The Morgan fingerprint density at radius 3 is 1.76 bits per heavy atom. The minimum absolute atomic E-state index is 0.293. The summed E-state index contributed by atoms with van der Waals surface area (Å²) >= 11 is 0. The molecule has 0 saturated carbocycles. The highest BCUT2D eigenvalue weighted by Gasteiger charge is 2.55. The van der Waals surface area contributed by atoms with Gasteiger partial charge in [-0.1, -0.05) is 71.5 Å². The third kappa shape index (κ3) is 4.98. The number of alkyl halides is 3. The highest BCUT2D eigenvalue weighted by molar-refractivity contribution is 7.69. The number of hydrogen-bond acceptors (Lipinski definition) is 4. The van der Waals surface area contributed by atoms with Gasteiger partial charge in [0.25, 0.3) is 0 Å². The van der Waals surface area contributed by atoms with E-state index in [9.17, 15) is 22.8 Å². The molecule has 8 heteroatoms. The lowest BCUT2D eigenvalue weighted by molar-refractivity contribution is -0.139. The van der Waals surface area contributed by atoms with Crippen molar-refractivity contribution in [2.45, 2.75) is 31.3 Å².